The van der Waals surface area contributed by atoms with Gasteiger partial charge in [-0.15, -0.1) is 0 Å². The van der Waals surface area contributed by atoms with Gasteiger partial charge in [0, 0.05) is 19.0 Å². The predicted octanol–water partition coefficient (Wildman–Crippen LogP) is 4.20. The maximum Gasteiger partial charge on any atom is 0.234 e. The molecule has 2 atom stereocenters. The lowest BCUT2D eigenvalue weighted by Crippen LogP contribution is -2.24. The van der Waals surface area contributed by atoms with Crippen molar-refractivity contribution < 1.29 is 4.42 Å². The van der Waals surface area contributed by atoms with Crippen LogP contribution in [0.3, 0.4) is 0 Å². The maximum atomic E-state index is 9.42. The van der Waals surface area contributed by atoms with Crippen molar-refractivity contribution in [2.45, 2.75) is 43.9 Å². The van der Waals surface area contributed by atoms with Gasteiger partial charge in [0.1, 0.15) is 6.07 Å². The molecule has 0 spiro atoms. The average molecular weight is 307 g/mol. The first-order chi connectivity index (χ1) is 11.4. The Hall–Kier alpha value is -2.28. The molecule has 1 aliphatic carbocycles. The van der Waals surface area contributed by atoms with Gasteiger partial charge in [0.15, 0.2) is 0 Å². The van der Waals surface area contributed by atoms with Gasteiger partial charge in [0.25, 0.3) is 0 Å². The third kappa shape index (κ3) is 2.84. The first-order valence-electron chi connectivity index (χ1n) is 8.57. The standard InChI is InChI=1S/C19H21N3O/c20-13-17-19(22-10-6-1-2-7-11-22)23-18(21-17)16-12-15(16)14-8-4-3-5-9-14/h3-5,8-9,15-16H,1-2,6-7,10-12H2. The lowest BCUT2D eigenvalue weighted by atomic mass is 10.1. The van der Waals surface area contributed by atoms with Crippen LogP contribution in [-0.4, -0.2) is 18.1 Å². The van der Waals surface area contributed by atoms with E-state index in [1.54, 1.807) is 0 Å². The van der Waals surface area contributed by atoms with Gasteiger partial charge in [-0.25, -0.2) is 4.98 Å². The fourth-order valence-electron chi connectivity index (χ4n) is 3.58. The zero-order valence-corrected chi connectivity index (χ0v) is 13.2. The topological polar surface area (TPSA) is 53.1 Å². The van der Waals surface area contributed by atoms with Crippen molar-refractivity contribution in [2.24, 2.45) is 0 Å². The number of nitrogens with zero attached hydrogens (tertiary/aromatic N) is 3. The highest BCUT2D eigenvalue weighted by atomic mass is 16.4. The zero-order chi connectivity index (χ0) is 15.6. The second-order valence-electron chi connectivity index (χ2n) is 6.58. The van der Waals surface area contributed by atoms with Crippen LogP contribution in [0.25, 0.3) is 0 Å². The molecule has 1 aromatic heterocycles. The second-order valence-corrected chi connectivity index (χ2v) is 6.58. The van der Waals surface area contributed by atoms with Crippen LogP contribution >= 0.6 is 0 Å². The van der Waals surface area contributed by atoms with Crippen LogP contribution in [-0.2, 0) is 0 Å². The molecule has 2 unspecified atom stereocenters. The first kappa shape index (κ1) is 14.3. The molecule has 4 heteroatoms. The number of oxazole rings is 1. The molecule has 0 bridgehead atoms. The summed E-state index contributed by atoms with van der Waals surface area (Å²) < 4.78 is 6.07. The van der Waals surface area contributed by atoms with Crippen LogP contribution in [0.2, 0.25) is 0 Å². The highest BCUT2D eigenvalue weighted by Gasteiger charge is 2.44. The molecule has 118 valence electrons. The van der Waals surface area contributed by atoms with E-state index in [1.807, 2.05) is 6.07 Å². The molecule has 23 heavy (non-hydrogen) atoms. The lowest BCUT2D eigenvalue weighted by Gasteiger charge is -2.18. The Labute approximate surface area is 136 Å². The smallest absolute Gasteiger partial charge is 0.234 e. The molecule has 1 aliphatic heterocycles. The monoisotopic (exact) mass is 307 g/mol. The van der Waals surface area contributed by atoms with Crippen LogP contribution in [0.15, 0.2) is 34.7 Å². The van der Waals surface area contributed by atoms with Crippen molar-refractivity contribution in [3.8, 4) is 6.07 Å². The van der Waals surface area contributed by atoms with E-state index < -0.39 is 0 Å². The lowest BCUT2D eigenvalue weighted by molar-refractivity contribution is 0.484. The quantitative estimate of drug-likeness (QED) is 0.853. The number of benzene rings is 1. The van der Waals surface area contributed by atoms with Gasteiger partial charge < -0.3 is 9.32 Å². The van der Waals surface area contributed by atoms with Gasteiger partial charge in [-0.2, -0.15) is 5.26 Å². The minimum absolute atomic E-state index is 0.324. The van der Waals surface area contributed by atoms with E-state index >= 15 is 0 Å². The van der Waals surface area contributed by atoms with Crippen molar-refractivity contribution in [3.63, 3.8) is 0 Å². The third-order valence-electron chi connectivity index (χ3n) is 4.96. The van der Waals surface area contributed by atoms with Crippen LogP contribution in [0.5, 0.6) is 0 Å². The zero-order valence-electron chi connectivity index (χ0n) is 13.2. The molecule has 2 heterocycles. The molecular weight excluding hydrogens is 286 g/mol. The summed E-state index contributed by atoms with van der Waals surface area (Å²) in [6.45, 7) is 1.94. The summed E-state index contributed by atoms with van der Waals surface area (Å²) >= 11 is 0. The van der Waals surface area contributed by atoms with Crippen molar-refractivity contribution in [2.75, 3.05) is 18.0 Å². The molecule has 2 aliphatic rings. The van der Waals surface area contributed by atoms with Gasteiger partial charge in [-0.05, 0) is 30.7 Å². The van der Waals surface area contributed by atoms with E-state index in [4.69, 9.17) is 4.42 Å². The van der Waals surface area contributed by atoms with Crippen molar-refractivity contribution in [1.82, 2.24) is 4.98 Å². The summed E-state index contributed by atoms with van der Waals surface area (Å²) in [6.07, 6.45) is 5.92. The number of hydrogen-bond donors (Lipinski definition) is 0. The fraction of sp³-hybridized carbons (Fsp3) is 0.474. The Balaban J connectivity index is 1.56. The molecule has 4 nitrogen and oxygen atoms in total. The second kappa shape index (κ2) is 6.08. The molecular formula is C19H21N3O. The molecule has 0 amide bonds. The van der Waals surface area contributed by atoms with E-state index in [2.05, 4.69) is 40.2 Å². The summed E-state index contributed by atoms with van der Waals surface area (Å²) in [5.41, 5.74) is 1.80. The number of rotatable bonds is 3. The molecule has 1 saturated heterocycles. The molecule has 4 rings (SSSR count). The minimum atomic E-state index is 0.324. The van der Waals surface area contributed by atoms with Gasteiger partial charge in [0.05, 0.1) is 0 Å². The Morgan fingerprint density at radius 3 is 2.48 bits per heavy atom. The molecule has 0 radical (unpaired) electrons. The summed E-state index contributed by atoms with van der Waals surface area (Å²) in [5.74, 6) is 2.25. The largest absolute Gasteiger partial charge is 0.423 e. The predicted molar refractivity (Wildman–Crippen MR) is 88.4 cm³/mol. The van der Waals surface area contributed by atoms with Crippen molar-refractivity contribution >= 4 is 5.88 Å². The molecule has 0 N–H and O–H groups in total. The van der Waals surface area contributed by atoms with Gasteiger partial charge >= 0.3 is 0 Å². The molecule has 1 saturated carbocycles. The van der Waals surface area contributed by atoms with Crippen LogP contribution in [0.4, 0.5) is 5.88 Å². The number of hydrogen-bond acceptors (Lipinski definition) is 4. The summed E-state index contributed by atoms with van der Waals surface area (Å²) in [7, 11) is 0. The Morgan fingerprint density at radius 1 is 1.04 bits per heavy atom. The SMILES string of the molecule is N#Cc1nc(C2CC2c2ccccc2)oc1N1CCCCCC1. The van der Waals surface area contributed by atoms with Crippen LogP contribution in [0.1, 0.15) is 61.1 Å². The van der Waals surface area contributed by atoms with Gasteiger partial charge in [-0.3, -0.25) is 0 Å². The summed E-state index contributed by atoms with van der Waals surface area (Å²) in [6, 6.07) is 12.7. The van der Waals surface area contributed by atoms with E-state index in [-0.39, 0.29) is 0 Å². The van der Waals surface area contributed by atoms with Crippen LogP contribution < -0.4 is 4.90 Å². The fourth-order valence-corrected chi connectivity index (χ4v) is 3.58. The number of aromatic nitrogens is 1. The Morgan fingerprint density at radius 2 is 1.78 bits per heavy atom. The highest BCUT2D eigenvalue weighted by molar-refractivity contribution is 5.49. The third-order valence-corrected chi connectivity index (χ3v) is 4.96. The Kier molecular flexibility index (Phi) is 3.78. The average Bonchev–Trinajstić information content (AvgIpc) is 3.35. The number of anilines is 1. The van der Waals surface area contributed by atoms with E-state index in [9.17, 15) is 5.26 Å². The van der Waals surface area contributed by atoms with E-state index in [1.165, 1.54) is 18.4 Å². The van der Waals surface area contributed by atoms with Gasteiger partial charge in [0.2, 0.25) is 17.5 Å². The summed E-state index contributed by atoms with van der Waals surface area (Å²) in [5, 5.41) is 9.42. The first-order valence-corrected chi connectivity index (χ1v) is 8.57. The van der Waals surface area contributed by atoms with Crippen molar-refractivity contribution in [1.29, 1.82) is 5.26 Å². The van der Waals surface area contributed by atoms with Gasteiger partial charge in [-0.1, -0.05) is 43.2 Å². The number of nitriles is 1. The molecule has 2 aromatic rings. The molecule has 1 aromatic carbocycles. The van der Waals surface area contributed by atoms with Crippen molar-refractivity contribution in [3.05, 3.63) is 47.5 Å². The summed E-state index contributed by atoms with van der Waals surface area (Å²) in [4.78, 5) is 6.71. The van der Waals surface area contributed by atoms with Crippen LogP contribution in [0, 0.1) is 11.3 Å². The molecule has 2 fully saturated rings. The van der Waals surface area contributed by atoms with E-state index in [0.717, 1.165) is 38.2 Å². The highest BCUT2D eigenvalue weighted by Crippen LogP contribution is 2.54. The normalized spacial score (nSPS) is 24.0. The van der Waals surface area contributed by atoms with E-state index in [0.29, 0.717) is 23.4 Å². The Bertz CT molecular complexity index is 708. The minimum Gasteiger partial charge on any atom is -0.423 e. The maximum absolute atomic E-state index is 9.42.